The Kier molecular flexibility index (Phi) is 5.62. The first-order valence-corrected chi connectivity index (χ1v) is 8.22. The number of halogens is 1. The second-order valence-corrected chi connectivity index (χ2v) is 6.59. The summed E-state index contributed by atoms with van der Waals surface area (Å²) in [6.07, 6.45) is 1.01. The minimum atomic E-state index is 0. The van der Waals surface area contributed by atoms with Crippen molar-refractivity contribution in [3.8, 4) is 11.1 Å². The summed E-state index contributed by atoms with van der Waals surface area (Å²) in [5.41, 5.74) is 7.90. The fourth-order valence-corrected chi connectivity index (χ4v) is 3.92. The summed E-state index contributed by atoms with van der Waals surface area (Å²) in [7, 11) is 0. The maximum Gasteiger partial charge on any atom is 0.264 e. The molecular formula is C17H21ClN2OS. The molecule has 1 aromatic carbocycles. The van der Waals surface area contributed by atoms with Crippen LogP contribution in [0.3, 0.4) is 0 Å². The van der Waals surface area contributed by atoms with E-state index in [4.69, 9.17) is 5.73 Å². The zero-order valence-corrected chi connectivity index (χ0v) is 14.2. The molecule has 1 saturated heterocycles. The first-order valence-electron chi connectivity index (χ1n) is 7.34. The molecule has 22 heavy (non-hydrogen) atoms. The number of nitrogens with two attached hydrogens (primary N) is 1. The molecule has 3 nitrogen and oxygen atoms in total. The molecule has 5 heteroatoms. The van der Waals surface area contributed by atoms with Crippen molar-refractivity contribution in [2.45, 2.75) is 19.4 Å². The number of amides is 1. The van der Waals surface area contributed by atoms with E-state index in [1.807, 2.05) is 34.5 Å². The Morgan fingerprint density at radius 2 is 2.05 bits per heavy atom. The summed E-state index contributed by atoms with van der Waals surface area (Å²) in [4.78, 5) is 15.7. The van der Waals surface area contributed by atoms with Gasteiger partial charge in [0.2, 0.25) is 0 Å². The van der Waals surface area contributed by atoms with Crippen molar-refractivity contribution in [1.29, 1.82) is 0 Å². The van der Waals surface area contributed by atoms with Gasteiger partial charge in [0.15, 0.2) is 0 Å². The average Bonchev–Trinajstić information content (AvgIpc) is 3.14. The van der Waals surface area contributed by atoms with Gasteiger partial charge in [-0.25, -0.2) is 0 Å². The molecule has 3 rings (SSSR count). The van der Waals surface area contributed by atoms with Crippen LogP contribution < -0.4 is 5.73 Å². The normalized spacial score (nSPS) is 20.7. The summed E-state index contributed by atoms with van der Waals surface area (Å²) in [6, 6.07) is 12.4. The first-order chi connectivity index (χ1) is 10.2. The van der Waals surface area contributed by atoms with E-state index < -0.39 is 0 Å². The Morgan fingerprint density at radius 3 is 2.68 bits per heavy atom. The van der Waals surface area contributed by atoms with E-state index in [2.05, 4.69) is 19.1 Å². The predicted molar refractivity (Wildman–Crippen MR) is 94.7 cm³/mol. The lowest BCUT2D eigenvalue weighted by molar-refractivity contribution is 0.0749. The van der Waals surface area contributed by atoms with Gasteiger partial charge in [0.1, 0.15) is 0 Å². The Balaban J connectivity index is 0.00000176. The van der Waals surface area contributed by atoms with Crippen molar-refractivity contribution in [1.82, 2.24) is 4.90 Å². The van der Waals surface area contributed by atoms with Gasteiger partial charge in [-0.2, -0.15) is 0 Å². The Morgan fingerprint density at radius 1 is 1.32 bits per heavy atom. The SMILES string of the molecule is CC1CC(CN)CN1C(=O)c1sccc1-c1ccccc1.Cl. The lowest BCUT2D eigenvalue weighted by Crippen LogP contribution is -2.34. The van der Waals surface area contributed by atoms with Crippen molar-refractivity contribution in [2.24, 2.45) is 11.7 Å². The van der Waals surface area contributed by atoms with Crippen LogP contribution in [0.25, 0.3) is 11.1 Å². The van der Waals surface area contributed by atoms with E-state index in [9.17, 15) is 4.79 Å². The molecule has 2 heterocycles. The van der Waals surface area contributed by atoms with Crippen LogP contribution in [0.4, 0.5) is 0 Å². The summed E-state index contributed by atoms with van der Waals surface area (Å²) < 4.78 is 0. The van der Waals surface area contributed by atoms with Gasteiger partial charge < -0.3 is 10.6 Å². The first kappa shape index (κ1) is 17.0. The van der Waals surface area contributed by atoms with Gasteiger partial charge in [-0.1, -0.05) is 30.3 Å². The van der Waals surface area contributed by atoms with Gasteiger partial charge in [-0.05, 0) is 42.8 Å². The zero-order valence-electron chi connectivity index (χ0n) is 12.6. The number of carbonyl (C=O) groups is 1. The molecule has 2 unspecified atom stereocenters. The summed E-state index contributed by atoms with van der Waals surface area (Å²) in [6.45, 7) is 3.55. The fourth-order valence-electron chi connectivity index (χ4n) is 3.05. The van der Waals surface area contributed by atoms with Crippen LogP contribution in [-0.2, 0) is 0 Å². The van der Waals surface area contributed by atoms with Crippen LogP contribution in [-0.4, -0.2) is 29.9 Å². The number of likely N-dealkylation sites (tertiary alicyclic amines) is 1. The van der Waals surface area contributed by atoms with Crippen LogP contribution >= 0.6 is 23.7 Å². The highest BCUT2D eigenvalue weighted by Crippen LogP contribution is 2.32. The number of nitrogens with zero attached hydrogens (tertiary/aromatic N) is 1. The number of hydrogen-bond donors (Lipinski definition) is 1. The molecule has 0 aliphatic carbocycles. The Hall–Kier alpha value is -1.36. The van der Waals surface area contributed by atoms with Gasteiger partial charge >= 0.3 is 0 Å². The summed E-state index contributed by atoms with van der Waals surface area (Å²) in [5, 5.41) is 2.00. The van der Waals surface area contributed by atoms with Crippen LogP contribution in [0.2, 0.25) is 0 Å². The third-order valence-electron chi connectivity index (χ3n) is 4.20. The predicted octanol–water partition coefficient (Wildman–Crippen LogP) is 3.65. The molecule has 2 atom stereocenters. The fraction of sp³-hybridized carbons (Fsp3) is 0.353. The largest absolute Gasteiger partial charge is 0.335 e. The highest BCUT2D eigenvalue weighted by atomic mass is 35.5. The van der Waals surface area contributed by atoms with E-state index in [0.29, 0.717) is 12.5 Å². The van der Waals surface area contributed by atoms with Crippen molar-refractivity contribution in [3.05, 3.63) is 46.7 Å². The molecule has 1 fully saturated rings. The standard InChI is InChI=1S/C17H20N2OS.ClH/c1-12-9-13(10-18)11-19(12)17(20)16-15(7-8-21-16)14-5-3-2-4-6-14;/h2-8,12-13H,9-11,18H2,1H3;1H. The number of rotatable bonds is 3. The molecule has 0 bridgehead atoms. The molecule has 118 valence electrons. The highest BCUT2D eigenvalue weighted by molar-refractivity contribution is 7.12. The molecule has 1 aromatic heterocycles. The quantitative estimate of drug-likeness (QED) is 0.930. The maximum absolute atomic E-state index is 12.9. The van der Waals surface area contributed by atoms with E-state index in [0.717, 1.165) is 29.0 Å². The monoisotopic (exact) mass is 336 g/mol. The molecule has 2 aromatic rings. The molecule has 1 aliphatic heterocycles. The summed E-state index contributed by atoms with van der Waals surface area (Å²) >= 11 is 1.53. The van der Waals surface area contributed by atoms with Gasteiger partial charge in [-0.3, -0.25) is 4.79 Å². The van der Waals surface area contributed by atoms with Crippen molar-refractivity contribution < 1.29 is 4.79 Å². The molecular weight excluding hydrogens is 316 g/mol. The van der Waals surface area contributed by atoms with Crippen molar-refractivity contribution >= 4 is 29.7 Å². The Bertz CT molecular complexity index is 629. The van der Waals surface area contributed by atoms with Gasteiger partial charge in [0, 0.05) is 18.2 Å². The lowest BCUT2D eigenvalue weighted by atomic mass is 10.1. The number of benzene rings is 1. The summed E-state index contributed by atoms with van der Waals surface area (Å²) in [5.74, 6) is 0.580. The van der Waals surface area contributed by atoms with Gasteiger partial charge in [0.25, 0.3) is 5.91 Å². The minimum absolute atomic E-state index is 0. The molecule has 0 spiro atoms. The van der Waals surface area contributed by atoms with E-state index in [1.165, 1.54) is 11.3 Å². The van der Waals surface area contributed by atoms with Gasteiger partial charge in [0.05, 0.1) is 4.88 Å². The lowest BCUT2D eigenvalue weighted by Gasteiger charge is -2.21. The second-order valence-electron chi connectivity index (χ2n) is 5.67. The maximum atomic E-state index is 12.9. The third-order valence-corrected chi connectivity index (χ3v) is 5.10. The van der Waals surface area contributed by atoms with E-state index >= 15 is 0 Å². The van der Waals surface area contributed by atoms with Crippen LogP contribution in [0, 0.1) is 5.92 Å². The molecule has 1 amide bonds. The van der Waals surface area contributed by atoms with Crippen LogP contribution in [0.15, 0.2) is 41.8 Å². The van der Waals surface area contributed by atoms with Crippen molar-refractivity contribution in [3.63, 3.8) is 0 Å². The van der Waals surface area contributed by atoms with Gasteiger partial charge in [-0.15, -0.1) is 23.7 Å². The minimum Gasteiger partial charge on any atom is -0.335 e. The van der Waals surface area contributed by atoms with Crippen LogP contribution in [0.1, 0.15) is 23.0 Å². The average molecular weight is 337 g/mol. The zero-order chi connectivity index (χ0) is 14.8. The topological polar surface area (TPSA) is 46.3 Å². The molecule has 0 radical (unpaired) electrons. The third kappa shape index (κ3) is 3.19. The number of carbonyl (C=O) groups excluding carboxylic acids is 1. The molecule has 1 aliphatic rings. The van der Waals surface area contributed by atoms with Crippen molar-refractivity contribution in [2.75, 3.05) is 13.1 Å². The smallest absolute Gasteiger partial charge is 0.264 e. The molecule has 2 N–H and O–H groups in total. The highest BCUT2D eigenvalue weighted by Gasteiger charge is 2.33. The second kappa shape index (κ2) is 7.27. The molecule has 0 saturated carbocycles. The van der Waals surface area contributed by atoms with E-state index in [-0.39, 0.29) is 24.4 Å². The van der Waals surface area contributed by atoms with Crippen LogP contribution in [0.5, 0.6) is 0 Å². The number of hydrogen-bond acceptors (Lipinski definition) is 3. The Labute approximate surface area is 141 Å². The van der Waals surface area contributed by atoms with E-state index in [1.54, 1.807) is 0 Å². The number of thiophene rings is 1.